The van der Waals surface area contributed by atoms with E-state index in [9.17, 15) is 13.2 Å². The minimum Gasteiger partial charge on any atom is -0.334 e. The van der Waals surface area contributed by atoms with Gasteiger partial charge < -0.3 is 9.47 Å². The number of benzene rings is 2. The summed E-state index contributed by atoms with van der Waals surface area (Å²) in [5.74, 6) is 0.171. The molecule has 1 unspecified atom stereocenters. The summed E-state index contributed by atoms with van der Waals surface area (Å²) in [6.07, 6.45) is 4.72. The topological polar surface area (TPSA) is 59.4 Å². The zero-order valence-corrected chi connectivity index (χ0v) is 17.0. The van der Waals surface area contributed by atoms with Crippen molar-refractivity contribution in [1.29, 1.82) is 0 Å². The summed E-state index contributed by atoms with van der Waals surface area (Å²) in [6.45, 7) is 0.432. The van der Waals surface area contributed by atoms with E-state index in [0.717, 1.165) is 16.8 Å². The Hall–Kier alpha value is -2.86. The first-order valence-electron chi connectivity index (χ1n) is 9.76. The van der Waals surface area contributed by atoms with Crippen LogP contribution < -0.4 is 0 Å². The van der Waals surface area contributed by atoms with Gasteiger partial charge in [-0.05, 0) is 41.8 Å². The second-order valence-corrected chi connectivity index (χ2v) is 9.73. The highest BCUT2D eigenvalue weighted by atomic mass is 32.2. The van der Waals surface area contributed by atoms with Crippen LogP contribution >= 0.6 is 0 Å². The number of carbonyl (C=O) groups is 1. The molecule has 6 heteroatoms. The van der Waals surface area contributed by atoms with Crippen molar-refractivity contribution in [2.24, 2.45) is 0 Å². The summed E-state index contributed by atoms with van der Waals surface area (Å²) < 4.78 is 26.0. The third-order valence-corrected chi connectivity index (χ3v) is 7.11. The summed E-state index contributed by atoms with van der Waals surface area (Å²) >= 11 is 0. The van der Waals surface area contributed by atoms with Gasteiger partial charge in [-0.2, -0.15) is 0 Å². The van der Waals surface area contributed by atoms with Crippen LogP contribution in [0.25, 0.3) is 5.69 Å². The molecule has 1 amide bonds. The first kappa shape index (κ1) is 19.5. The largest absolute Gasteiger partial charge is 0.334 e. The molecule has 1 fully saturated rings. The molecule has 1 aromatic heterocycles. The van der Waals surface area contributed by atoms with Crippen LogP contribution in [0.15, 0.2) is 79.1 Å². The first-order chi connectivity index (χ1) is 14.0. The Kier molecular flexibility index (Phi) is 5.53. The van der Waals surface area contributed by atoms with Gasteiger partial charge in [0, 0.05) is 30.7 Å². The molecule has 0 saturated carbocycles. The zero-order valence-electron chi connectivity index (χ0n) is 16.1. The maximum atomic E-state index is 13.2. The maximum Gasteiger partial charge on any atom is 0.227 e. The quantitative estimate of drug-likeness (QED) is 0.629. The van der Waals surface area contributed by atoms with E-state index in [-0.39, 0.29) is 29.9 Å². The van der Waals surface area contributed by atoms with E-state index in [4.69, 9.17) is 0 Å². The number of hydrogen-bond donors (Lipinski definition) is 0. The van der Waals surface area contributed by atoms with Crippen molar-refractivity contribution in [3.05, 3.63) is 90.3 Å². The Morgan fingerprint density at radius 1 is 0.931 bits per heavy atom. The third-order valence-electron chi connectivity index (χ3n) is 5.36. The molecule has 1 aliphatic rings. The predicted octanol–water partition coefficient (Wildman–Crippen LogP) is 3.24. The monoisotopic (exact) mass is 408 g/mol. The molecule has 0 bridgehead atoms. The fourth-order valence-electron chi connectivity index (χ4n) is 3.79. The number of rotatable bonds is 6. The summed E-state index contributed by atoms with van der Waals surface area (Å²) in [4.78, 5) is 14.9. The third kappa shape index (κ3) is 4.77. The number of sulfone groups is 1. The molecule has 2 aromatic carbocycles. The Labute approximate surface area is 171 Å². The number of amides is 1. The number of carbonyl (C=O) groups excluding carboxylic acids is 1. The number of nitrogens with zero attached hydrogens (tertiary/aromatic N) is 2. The van der Waals surface area contributed by atoms with E-state index in [1.165, 1.54) is 0 Å². The molecule has 4 rings (SSSR count). The predicted molar refractivity (Wildman–Crippen MR) is 114 cm³/mol. The minimum atomic E-state index is -3.07. The van der Waals surface area contributed by atoms with E-state index in [0.29, 0.717) is 13.0 Å². The van der Waals surface area contributed by atoms with Crippen molar-refractivity contribution in [3.8, 4) is 5.69 Å². The smallest absolute Gasteiger partial charge is 0.227 e. The van der Waals surface area contributed by atoms with Gasteiger partial charge in [-0.15, -0.1) is 0 Å². The normalized spacial score (nSPS) is 17.9. The van der Waals surface area contributed by atoms with Crippen molar-refractivity contribution in [2.75, 3.05) is 11.5 Å². The highest BCUT2D eigenvalue weighted by Crippen LogP contribution is 2.22. The van der Waals surface area contributed by atoms with E-state index in [1.54, 1.807) is 4.90 Å². The highest BCUT2D eigenvalue weighted by Gasteiger charge is 2.34. The van der Waals surface area contributed by atoms with Crippen molar-refractivity contribution >= 4 is 15.7 Å². The van der Waals surface area contributed by atoms with Crippen LogP contribution in [0.1, 0.15) is 17.5 Å². The molecule has 3 aromatic rings. The SMILES string of the molecule is O=C(Cc1ccc(-n2cccc2)cc1)N(Cc1ccccc1)C1CCS(=O)(=O)C1. The Balaban J connectivity index is 1.51. The number of hydrogen-bond acceptors (Lipinski definition) is 3. The lowest BCUT2D eigenvalue weighted by Gasteiger charge is -2.28. The molecule has 2 heterocycles. The first-order valence-corrected chi connectivity index (χ1v) is 11.6. The van der Waals surface area contributed by atoms with Crippen LogP contribution in [0.5, 0.6) is 0 Å². The van der Waals surface area contributed by atoms with Crippen LogP contribution in [-0.4, -0.2) is 41.3 Å². The van der Waals surface area contributed by atoms with Crippen molar-refractivity contribution in [3.63, 3.8) is 0 Å². The number of aromatic nitrogens is 1. The fraction of sp³-hybridized carbons (Fsp3) is 0.261. The molecule has 1 atom stereocenters. The van der Waals surface area contributed by atoms with Crippen LogP contribution in [-0.2, 0) is 27.6 Å². The van der Waals surface area contributed by atoms with Crippen LogP contribution in [0.3, 0.4) is 0 Å². The highest BCUT2D eigenvalue weighted by molar-refractivity contribution is 7.91. The Morgan fingerprint density at radius 2 is 1.62 bits per heavy atom. The molecule has 5 nitrogen and oxygen atoms in total. The average molecular weight is 409 g/mol. The summed E-state index contributed by atoms with van der Waals surface area (Å²) in [5, 5.41) is 0. The summed E-state index contributed by atoms with van der Waals surface area (Å²) in [5.41, 5.74) is 2.96. The fourth-order valence-corrected chi connectivity index (χ4v) is 5.52. The second-order valence-electron chi connectivity index (χ2n) is 7.50. The van der Waals surface area contributed by atoms with Gasteiger partial charge in [0.25, 0.3) is 0 Å². The van der Waals surface area contributed by atoms with Crippen LogP contribution in [0.2, 0.25) is 0 Å². The molecule has 150 valence electrons. The van der Waals surface area contributed by atoms with Gasteiger partial charge in [-0.3, -0.25) is 4.79 Å². The molecule has 0 aliphatic carbocycles. The molecule has 1 saturated heterocycles. The van der Waals surface area contributed by atoms with E-state index < -0.39 is 9.84 Å². The average Bonchev–Trinajstić information content (AvgIpc) is 3.37. The van der Waals surface area contributed by atoms with Crippen molar-refractivity contribution in [2.45, 2.75) is 25.4 Å². The molecule has 0 radical (unpaired) electrons. The van der Waals surface area contributed by atoms with Gasteiger partial charge >= 0.3 is 0 Å². The lowest BCUT2D eigenvalue weighted by Crippen LogP contribution is -2.41. The summed E-state index contributed by atoms with van der Waals surface area (Å²) in [6, 6.07) is 21.3. The molecular weight excluding hydrogens is 384 g/mol. The van der Waals surface area contributed by atoms with Crippen LogP contribution in [0, 0.1) is 0 Å². The zero-order chi connectivity index (χ0) is 20.3. The maximum absolute atomic E-state index is 13.2. The molecule has 0 spiro atoms. The van der Waals surface area contributed by atoms with Gasteiger partial charge in [0.15, 0.2) is 9.84 Å². The van der Waals surface area contributed by atoms with Gasteiger partial charge in [-0.1, -0.05) is 42.5 Å². The molecule has 1 aliphatic heterocycles. The van der Waals surface area contributed by atoms with Gasteiger partial charge in [-0.25, -0.2) is 8.42 Å². The standard InChI is InChI=1S/C23H24N2O3S/c26-23(16-19-8-10-21(11-9-19)24-13-4-5-14-24)25(17-20-6-2-1-3-7-20)22-12-15-29(27,28)18-22/h1-11,13-14,22H,12,15-18H2. The van der Waals surface area contributed by atoms with E-state index in [1.807, 2.05) is 83.7 Å². The molecular formula is C23H24N2O3S. The van der Waals surface area contributed by atoms with E-state index >= 15 is 0 Å². The van der Waals surface area contributed by atoms with E-state index in [2.05, 4.69) is 0 Å². The second kappa shape index (κ2) is 8.25. The molecule has 0 N–H and O–H groups in total. The van der Waals surface area contributed by atoms with Gasteiger partial charge in [0.2, 0.25) is 5.91 Å². The van der Waals surface area contributed by atoms with Gasteiger partial charge in [0.05, 0.1) is 17.9 Å². The van der Waals surface area contributed by atoms with Crippen LogP contribution in [0.4, 0.5) is 0 Å². The van der Waals surface area contributed by atoms with Gasteiger partial charge in [0.1, 0.15) is 0 Å². The lowest BCUT2D eigenvalue weighted by molar-refractivity contribution is -0.133. The minimum absolute atomic E-state index is 0.0373. The Bertz CT molecular complexity index is 1060. The van der Waals surface area contributed by atoms with Crippen molar-refractivity contribution in [1.82, 2.24) is 9.47 Å². The molecule has 29 heavy (non-hydrogen) atoms. The Morgan fingerprint density at radius 3 is 2.24 bits per heavy atom. The lowest BCUT2D eigenvalue weighted by atomic mass is 10.1. The van der Waals surface area contributed by atoms with Crippen molar-refractivity contribution < 1.29 is 13.2 Å². The summed E-state index contributed by atoms with van der Waals surface area (Å²) in [7, 11) is -3.07.